The Morgan fingerprint density at radius 1 is 1.26 bits per heavy atom. The van der Waals surface area contributed by atoms with E-state index in [0.29, 0.717) is 12.0 Å². The van der Waals surface area contributed by atoms with Gasteiger partial charge in [0.05, 0.1) is 17.6 Å². The largest absolute Gasteiger partial charge is 0.378 e. The van der Waals surface area contributed by atoms with E-state index in [0.717, 1.165) is 57.9 Å². The van der Waals surface area contributed by atoms with Crippen molar-refractivity contribution in [2.24, 2.45) is 27.1 Å². The molecule has 3 N–H and O–H groups in total. The molecule has 0 aromatic carbocycles. The molecule has 2 saturated heterocycles. The third-order valence-electron chi connectivity index (χ3n) is 6.85. The van der Waals surface area contributed by atoms with Crippen LogP contribution in [0.4, 0.5) is 0 Å². The van der Waals surface area contributed by atoms with Gasteiger partial charge in [-0.3, -0.25) is 4.99 Å². The highest BCUT2D eigenvalue weighted by molar-refractivity contribution is 5.93. The van der Waals surface area contributed by atoms with Gasteiger partial charge < -0.3 is 20.7 Å². The topological polar surface area (TPSA) is 75.2 Å². The van der Waals surface area contributed by atoms with Crippen LogP contribution in [0.5, 0.6) is 0 Å². The van der Waals surface area contributed by atoms with E-state index in [1.165, 1.54) is 18.4 Å². The average Bonchev–Trinajstić information content (AvgIpc) is 2.76. The average molecular weight is 374 g/mol. The number of hydrogen-bond donors (Lipinski definition) is 2. The van der Waals surface area contributed by atoms with Gasteiger partial charge in [-0.15, -0.1) is 0 Å². The van der Waals surface area contributed by atoms with E-state index in [9.17, 15) is 0 Å². The molecule has 3 unspecified atom stereocenters. The number of ether oxygens (including phenoxy) is 1. The van der Waals surface area contributed by atoms with Crippen molar-refractivity contribution in [2.75, 3.05) is 32.8 Å². The molecule has 6 heteroatoms. The van der Waals surface area contributed by atoms with Crippen molar-refractivity contribution in [3.05, 3.63) is 12.2 Å². The van der Waals surface area contributed by atoms with E-state index in [-0.39, 0.29) is 11.5 Å². The standard InChI is InChI=1S/C21H35N5O/c1-15-16-6-4-5-7-17(16)27-13-8-20(2)18(15)24-14-21(3,22)25-19(20)26-11-9-23-10-12-26/h14,16-18,23H,1,4-13,22H2,2-3H3/t16-,17-,18?,20?,21?/m0/s1. The maximum Gasteiger partial charge on any atom is 0.142 e. The minimum Gasteiger partial charge on any atom is -0.378 e. The first kappa shape index (κ1) is 19.1. The highest BCUT2D eigenvalue weighted by atomic mass is 16.5. The molecular weight excluding hydrogens is 338 g/mol. The predicted octanol–water partition coefficient (Wildman–Crippen LogP) is 1.96. The van der Waals surface area contributed by atoms with E-state index in [1.54, 1.807) is 0 Å². The molecule has 1 saturated carbocycles. The van der Waals surface area contributed by atoms with Crippen LogP contribution in [0.15, 0.2) is 22.1 Å². The molecule has 5 atom stereocenters. The fraction of sp³-hybridized carbons (Fsp3) is 0.810. The number of nitrogens with two attached hydrogens (primary N) is 1. The Morgan fingerprint density at radius 3 is 2.78 bits per heavy atom. The van der Waals surface area contributed by atoms with Crippen LogP contribution in [0.1, 0.15) is 46.0 Å². The quantitative estimate of drug-likeness (QED) is 0.637. The molecule has 27 heavy (non-hydrogen) atoms. The van der Waals surface area contributed by atoms with Gasteiger partial charge in [-0.25, -0.2) is 4.99 Å². The lowest BCUT2D eigenvalue weighted by molar-refractivity contribution is -0.0222. The molecule has 0 aromatic rings. The molecule has 1 aliphatic carbocycles. The predicted molar refractivity (Wildman–Crippen MR) is 110 cm³/mol. The number of aliphatic imine (C=N–C) groups is 2. The number of fused-ring (bicyclic) bond motifs is 2. The zero-order chi connectivity index (χ0) is 19.1. The lowest BCUT2D eigenvalue weighted by Crippen LogP contribution is -2.56. The fourth-order valence-corrected chi connectivity index (χ4v) is 5.30. The van der Waals surface area contributed by atoms with Crippen molar-refractivity contribution >= 4 is 12.1 Å². The zero-order valence-electron chi connectivity index (χ0n) is 16.9. The second kappa shape index (κ2) is 7.30. The normalized spacial score (nSPS) is 43.1. The number of nitrogens with one attached hydrogen (secondary N) is 1. The molecule has 0 radical (unpaired) electrons. The minimum absolute atomic E-state index is 0.0195. The molecule has 150 valence electrons. The van der Waals surface area contributed by atoms with Gasteiger partial charge in [0.15, 0.2) is 0 Å². The van der Waals surface area contributed by atoms with Crippen LogP contribution in [0, 0.1) is 11.3 Å². The molecule has 3 fully saturated rings. The molecule has 4 aliphatic rings. The summed E-state index contributed by atoms with van der Waals surface area (Å²) in [5.74, 6) is 1.49. The number of amidine groups is 1. The highest BCUT2D eigenvalue weighted by Gasteiger charge is 2.49. The molecular formula is C21H35N5O. The SMILES string of the molecule is C=C1C2N=CC(C)(N)N=C(N3CCNCC3)C2(C)CCO[C@H]2CCCC[C@@H]12. The Kier molecular flexibility index (Phi) is 5.16. The van der Waals surface area contributed by atoms with Gasteiger partial charge in [0.2, 0.25) is 0 Å². The third-order valence-corrected chi connectivity index (χ3v) is 6.85. The summed E-state index contributed by atoms with van der Waals surface area (Å²) >= 11 is 0. The summed E-state index contributed by atoms with van der Waals surface area (Å²) in [6.45, 7) is 13.4. The first-order valence-corrected chi connectivity index (χ1v) is 10.6. The van der Waals surface area contributed by atoms with Crippen LogP contribution in [0.3, 0.4) is 0 Å². The molecule has 0 amide bonds. The second-order valence-electron chi connectivity index (χ2n) is 9.12. The highest BCUT2D eigenvalue weighted by Crippen LogP contribution is 2.45. The van der Waals surface area contributed by atoms with Gasteiger partial charge in [-0.1, -0.05) is 26.3 Å². The number of hydrogen-bond acceptors (Lipinski definition) is 6. The Hall–Kier alpha value is -1.24. The maximum absolute atomic E-state index is 6.50. The van der Waals surface area contributed by atoms with E-state index in [1.807, 2.05) is 13.1 Å². The molecule has 3 aliphatic heterocycles. The first-order valence-electron chi connectivity index (χ1n) is 10.6. The van der Waals surface area contributed by atoms with E-state index >= 15 is 0 Å². The van der Waals surface area contributed by atoms with E-state index in [4.69, 9.17) is 20.5 Å². The van der Waals surface area contributed by atoms with E-state index in [2.05, 4.69) is 23.7 Å². The smallest absolute Gasteiger partial charge is 0.142 e. The first-order chi connectivity index (χ1) is 12.9. The van der Waals surface area contributed by atoms with Crippen molar-refractivity contribution < 1.29 is 4.74 Å². The molecule has 3 heterocycles. The van der Waals surface area contributed by atoms with Crippen LogP contribution < -0.4 is 11.1 Å². The van der Waals surface area contributed by atoms with E-state index < -0.39 is 5.66 Å². The number of piperazine rings is 1. The van der Waals surface area contributed by atoms with Crippen LogP contribution in [0.25, 0.3) is 0 Å². The third kappa shape index (κ3) is 3.59. The van der Waals surface area contributed by atoms with Crippen molar-refractivity contribution in [1.29, 1.82) is 0 Å². The minimum atomic E-state index is -0.780. The Morgan fingerprint density at radius 2 is 2.00 bits per heavy atom. The Labute approximate surface area is 163 Å². The van der Waals surface area contributed by atoms with Gasteiger partial charge in [-0.05, 0) is 31.8 Å². The second-order valence-corrected chi connectivity index (χ2v) is 9.12. The van der Waals surface area contributed by atoms with Crippen LogP contribution in [-0.2, 0) is 4.74 Å². The lowest BCUT2D eigenvalue weighted by Gasteiger charge is -2.47. The number of nitrogens with zero attached hydrogens (tertiary/aromatic N) is 3. The van der Waals surface area contributed by atoms with Crippen molar-refractivity contribution in [2.45, 2.75) is 63.8 Å². The van der Waals surface area contributed by atoms with Gasteiger partial charge >= 0.3 is 0 Å². The van der Waals surface area contributed by atoms with Gasteiger partial charge in [0.1, 0.15) is 11.5 Å². The Bertz CT molecular complexity index is 636. The molecule has 0 aromatic heterocycles. The summed E-state index contributed by atoms with van der Waals surface area (Å²) < 4.78 is 6.37. The van der Waals surface area contributed by atoms with Crippen LogP contribution in [-0.4, -0.2) is 67.5 Å². The zero-order valence-corrected chi connectivity index (χ0v) is 16.9. The lowest BCUT2D eigenvalue weighted by atomic mass is 9.68. The van der Waals surface area contributed by atoms with Crippen molar-refractivity contribution in [3.63, 3.8) is 0 Å². The summed E-state index contributed by atoms with van der Waals surface area (Å²) in [5, 5.41) is 3.44. The molecule has 0 bridgehead atoms. The fourth-order valence-electron chi connectivity index (χ4n) is 5.30. The summed E-state index contributed by atoms with van der Waals surface area (Å²) in [4.78, 5) is 12.5. The monoisotopic (exact) mass is 373 g/mol. The Balaban J connectivity index is 1.75. The summed E-state index contributed by atoms with van der Waals surface area (Å²) in [6.07, 6.45) is 7.87. The number of rotatable bonds is 0. The summed E-state index contributed by atoms with van der Waals surface area (Å²) in [5.41, 5.74) is 6.71. The van der Waals surface area contributed by atoms with Crippen molar-refractivity contribution in [1.82, 2.24) is 10.2 Å². The van der Waals surface area contributed by atoms with Crippen molar-refractivity contribution in [3.8, 4) is 0 Å². The van der Waals surface area contributed by atoms with Crippen LogP contribution in [0.2, 0.25) is 0 Å². The molecule has 6 nitrogen and oxygen atoms in total. The van der Waals surface area contributed by atoms with Gasteiger partial charge in [-0.2, -0.15) is 0 Å². The molecule has 4 rings (SSSR count). The molecule has 0 spiro atoms. The van der Waals surface area contributed by atoms with Gasteiger partial charge in [0.25, 0.3) is 0 Å². The van der Waals surface area contributed by atoms with Crippen LogP contribution >= 0.6 is 0 Å². The summed E-state index contributed by atoms with van der Waals surface area (Å²) in [6, 6.07) is 0.0195. The summed E-state index contributed by atoms with van der Waals surface area (Å²) in [7, 11) is 0. The maximum atomic E-state index is 6.50. The van der Waals surface area contributed by atoms with Gasteiger partial charge in [0, 0.05) is 44.9 Å².